The molecule has 0 saturated heterocycles. The fourth-order valence-corrected chi connectivity index (χ4v) is 1.79. The molecule has 0 bridgehead atoms. The molecule has 0 saturated carbocycles. The van der Waals surface area contributed by atoms with E-state index in [-0.39, 0.29) is 12.0 Å². The summed E-state index contributed by atoms with van der Waals surface area (Å²) in [5, 5.41) is 11.9. The summed E-state index contributed by atoms with van der Waals surface area (Å²) >= 11 is 5.81. The van der Waals surface area contributed by atoms with Gasteiger partial charge < -0.3 is 10.4 Å². The number of hydrogen-bond acceptors (Lipinski definition) is 4. The number of rotatable bonds is 5. The standard InChI is InChI=1S/C12H12ClN3O3/c13-8-1-2-10-15-9(5-11(17)16(10)7-8)6-14-4-3-12(18)19/h1-2,5,7,14H,3-4,6H2,(H,18,19). The van der Waals surface area contributed by atoms with Crippen LogP contribution >= 0.6 is 11.6 Å². The predicted octanol–water partition coefficient (Wildman–Crippen LogP) is 0.912. The van der Waals surface area contributed by atoms with E-state index in [1.165, 1.54) is 16.7 Å². The zero-order valence-electron chi connectivity index (χ0n) is 9.97. The van der Waals surface area contributed by atoms with E-state index in [1.807, 2.05) is 0 Å². The highest BCUT2D eigenvalue weighted by molar-refractivity contribution is 6.30. The molecule has 6 nitrogen and oxygen atoms in total. The molecule has 0 aromatic carbocycles. The van der Waals surface area contributed by atoms with Crippen molar-refractivity contribution in [2.24, 2.45) is 0 Å². The van der Waals surface area contributed by atoms with Crippen molar-refractivity contribution in [2.45, 2.75) is 13.0 Å². The summed E-state index contributed by atoms with van der Waals surface area (Å²) in [6, 6.07) is 4.71. The number of nitrogens with one attached hydrogen (secondary N) is 1. The third-order valence-electron chi connectivity index (χ3n) is 2.50. The van der Waals surface area contributed by atoms with Crippen LogP contribution in [0.25, 0.3) is 5.65 Å². The highest BCUT2D eigenvalue weighted by Crippen LogP contribution is 2.08. The lowest BCUT2D eigenvalue weighted by Gasteiger charge is -2.05. The minimum Gasteiger partial charge on any atom is -0.481 e. The van der Waals surface area contributed by atoms with Gasteiger partial charge in [0.2, 0.25) is 0 Å². The summed E-state index contributed by atoms with van der Waals surface area (Å²) in [4.78, 5) is 26.5. The fraction of sp³-hybridized carbons (Fsp3) is 0.250. The van der Waals surface area contributed by atoms with Gasteiger partial charge in [-0.2, -0.15) is 0 Å². The molecule has 7 heteroatoms. The Labute approximate surface area is 113 Å². The molecule has 0 aliphatic rings. The molecule has 0 atom stereocenters. The van der Waals surface area contributed by atoms with Crippen molar-refractivity contribution in [1.82, 2.24) is 14.7 Å². The number of halogens is 1. The average Bonchev–Trinajstić information content (AvgIpc) is 2.35. The maximum absolute atomic E-state index is 11.8. The van der Waals surface area contributed by atoms with E-state index < -0.39 is 5.97 Å². The second-order valence-electron chi connectivity index (χ2n) is 3.98. The van der Waals surface area contributed by atoms with Crippen LogP contribution in [-0.4, -0.2) is 27.0 Å². The summed E-state index contributed by atoms with van der Waals surface area (Å²) < 4.78 is 1.36. The minimum atomic E-state index is -0.867. The monoisotopic (exact) mass is 281 g/mol. The molecule has 0 fully saturated rings. The average molecular weight is 282 g/mol. The number of pyridine rings is 1. The Morgan fingerprint density at radius 2 is 2.26 bits per heavy atom. The molecular weight excluding hydrogens is 270 g/mol. The first-order valence-corrected chi connectivity index (χ1v) is 6.04. The number of carbonyl (C=O) groups is 1. The number of carboxylic acids is 1. The van der Waals surface area contributed by atoms with Gasteiger partial charge in [-0.3, -0.25) is 14.0 Å². The van der Waals surface area contributed by atoms with Crippen molar-refractivity contribution in [3.05, 3.63) is 45.5 Å². The number of aromatic nitrogens is 2. The number of aliphatic carboxylic acids is 1. The summed E-state index contributed by atoms with van der Waals surface area (Å²) in [5.74, 6) is -0.867. The lowest BCUT2D eigenvalue weighted by atomic mass is 10.3. The largest absolute Gasteiger partial charge is 0.481 e. The van der Waals surface area contributed by atoms with Gasteiger partial charge in [-0.25, -0.2) is 4.98 Å². The van der Waals surface area contributed by atoms with Gasteiger partial charge in [0, 0.05) is 25.4 Å². The lowest BCUT2D eigenvalue weighted by molar-refractivity contribution is -0.136. The topological polar surface area (TPSA) is 83.7 Å². The molecule has 2 N–H and O–H groups in total. The Morgan fingerprint density at radius 3 is 3.00 bits per heavy atom. The van der Waals surface area contributed by atoms with Crippen molar-refractivity contribution in [2.75, 3.05) is 6.54 Å². The first-order chi connectivity index (χ1) is 9.06. The summed E-state index contributed by atoms with van der Waals surface area (Å²) in [6.45, 7) is 0.679. The summed E-state index contributed by atoms with van der Waals surface area (Å²) in [7, 11) is 0. The van der Waals surface area contributed by atoms with E-state index in [0.717, 1.165) is 0 Å². The van der Waals surface area contributed by atoms with E-state index in [9.17, 15) is 9.59 Å². The first kappa shape index (κ1) is 13.5. The highest BCUT2D eigenvalue weighted by atomic mass is 35.5. The van der Waals surface area contributed by atoms with Crippen molar-refractivity contribution >= 4 is 23.2 Å². The summed E-state index contributed by atoms with van der Waals surface area (Å²) in [5.41, 5.74) is 0.854. The zero-order chi connectivity index (χ0) is 13.8. The van der Waals surface area contributed by atoms with Gasteiger partial charge in [-0.1, -0.05) is 11.6 Å². The van der Waals surface area contributed by atoms with Crippen LogP contribution in [0.1, 0.15) is 12.1 Å². The number of carboxylic acid groups (broad SMARTS) is 1. The van der Waals surface area contributed by atoms with Crippen LogP contribution in [0.4, 0.5) is 0 Å². The van der Waals surface area contributed by atoms with Gasteiger partial charge in [0.05, 0.1) is 17.1 Å². The van der Waals surface area contributed by atoms with Crippen LogP contribution in [0.15, 0.2) is 29.2 Å². The van der Waals surface area contributed by atoms with Crippen LogP contribution in [0.3, 0.4) is 0 Å². The highest BCUT2D eigenvalue weighted by Gasteiger charge is 2.03. The molecule has 19 heavy (non-hydrogen) atoms. The van der Waals surface area contributed by atoms with Crippen molar-refractivity contribution in [3.63, 3.8) is 0 Å². The Bertz CT molecular complexity index is 669. The third kappa shape index (κ3) is 3.52. The maximum atomic E-state index is 11.8. The van der Waals surface area contributed by atoms with Crippen LogP contribution < -0.4 is 10.9 Å². The van der Waals surface area contributed by atoms with Crippen LogP contribution in [-0.2, 0) is 11.3 Å². The van der Waals surface area contributed by atoms with Crippen LogP contribution in [0, 0.1) is 0 Å². The van der Waals surface area contributed by atoms with Gasteiger partial charge in [0.25, 0.3) is 5.56 Å². The molecule has 0 amide bonds. The van der Waals surface area contributed by atoms with E-state index in [1.54, 1.807) is 12.1 Å². The molecule has 0 unspecified atom stereocenters. The molecule has 2 aromatic rings. The fourth-order valence-electron chi connectivity index (χ4n) is 1.63. The van der Waals surface area contributed by atoms with Gasteiger partial charge in [0.15, 0.2) is 0 Å². The number of nitrogens with zero attached hydrogens (tertiary/aromatic N) is 2. The van der Waals surface area contributed by atoms with Crippen LogP contribution in [0.2, 0.25) is 5.02 Å². The zero-order valence-corrected chi connectivity index (χ0v) is 10.7. The van der Waals surface area contributed by atoms with E-state index in [0.29, 0.717) is 29.5 Å². The van der Waals surface area contributed by atoms with E-state index in [4.69, 9.17) is 16.7 Å². The smallest absolute Gasteiger partial charge is 0.304 e. The molecule has 2 rings (SSSR count). The molecule has 2 aromatic heterocycles. The number of fused-ring (bicyclic) bond motifs is 1. The molecular formula is C12H12ClN3O3. The Hall–Kier alpha value is -1.92. The second kappa shape index (κ2) is 5.81. The van der Waals surface area contributed by atoms with Crippen molar-refractivity contribution < 1.29 is 9.90 Å². The normalized spacial score (nSPS) is 10.8. The van der Waals surface area contributed by atoms with Gasteiger partial charge in [-0.05, 0) is 12.1 Å². The predicted molar refractivity (Wildman–Crippen MR) is 70.4 cm³/mol. The number of hydrogen-bond donors (Lipinski definition) is 2. The molecule has 2 heterocycles. The molecule has 0 aliphatic heterocycles. The Kier molecular flexibility index (Phi) is 4.13. The molecule has 0 radical (unpaired) electrons. The Morgan fingerprint density at radius 1 is 1.47 bits per heavy atom. The van der Waals surface area contributed by atoms with Gasteiger partial charge in [0.1, 0.15) is 5.65 Å². The SMILES string of the molecule is O=C(O)CCNCc1cc(=O)n2cc(Cl)ccc2n1. The van der Waals surface area contributed by atoms with Crippen LogP contribution in [0.5, 0.6) is 0 Å². The van der Waals surface area contributed by atoms with Crippen molar-refractivity contribution in [1.29, 1.82) is 0 Å². The van der Waals surface area contributed by atoms with E-state index in [2.05, 4.69) is 10.3 Å². The molecule has 0 aliphatic carbocycles. The Balaban J connectivity index is 2.15. The maximum Gasteiger partial charge on any atom is 0.304 e. The van der Waals surface area contributed by atoms with Gasteiger partial charge >= 0.3 is 5.97 Å². The first-order valence-electron chi connectivity index (χ1n) is 5.66. The third-order valence-corrected chi connectivity index (χ3v) is 2.72. The molecule has 0 spiro atoms. The minimum absolute atomic E-state index is 0.0299. The quantitative estimate of drug-likeness (QED) is 0.796. The summed E-state index contributed by atoms with van der Waals surface area (Å²) in [6.07, 6.45) is 1.54. The van der Waals surface area contributed by atoms with Crippen molar-refractivity contribution in [3.8, 4) is 0 Å². The second-order valence-corrected chi connectivity index (χ2v) is 4.42. The van der Waals surface area contributed by atoms with Gasteiger partial charge in [-0.15, -0.1) is 0 Å². The lowest BCUT2D eigenvalue weighted by Crippen LogP contribution is -2.21. The molecule has 100 valence electrons. The van der Waals surface area contributed by atoms with E-state index >= 15 is 0 Å².